The molecule has 0 aliphatic heterocycles. The molecule has 0 atom stereocenters. The molecule has 0 heterocycles. The van der Waals surface area contributed by atoms with Gasteiger partial charge in [-0.2, -0.15) is 0 Å². The summed E-state index contributed by atoms with van der Waals surface area (Å²) in [5.41, 5.74) is 1.23. The number of anilines is 1. The number of carbonyl (C=O) groups is 1. The van der Waals surface area contributed by atoms with Gasteiger partial charge in [0.2, 0.25) is 0 Å². The van der Waals surface area contributed by atoms with Crippen molar-refractivity contribution in [1.82, 2.24) is 0 Å². The highest BCUT2D eigenvalue weighted by Gasteiger charge is 2.06. The molecule has 0 aliphatic rings. The largest absolute Gasteiger partial charge is 0.508 e. The third kappa shape index (κ3) is 13.9. The van der Waals surface area contributed by atoms with Gasteiger partial charge in [-0.15, -0.1) is 0 Å². The summed E-state index contributed by atoms with van der Waals surface area (Å²) in [6.45, 7) is 5.36. The zero-order valence-corrected chi connectivity index (χ0v) is 22.1. The third-order valence-electron chi connectivity index (χ3n) is 6.44. The highest BCUT2D eigenvalue weighted by Crippen LogP contribution is 2.18. The number of hydrogen-bond acceptors (Lipinski definition) is 3. The van der Waals surface area contributed by atoms with E-state index in [1.807, 2.05) is 12.1 Å². The Morgan fingerprint density at radius 2 is 1.20 bits per heavy atom. The van der Waals surface area contributed by atoms with E-state index in [0.29, 0.717) is 11.3 Å². The second-order valence-electron chi connectivity index (χ2n) is 10.2. The second-order valence-corrected chi connectivity index (χ2v) is 10.2. The molecule has 0 aromatic heterocycles. The van der Waals surface area contributed by atoms with Crippen molar-refractivity contribution in [3.63, 3.8) is 0 Å². The van der Waals surface area contributed by atoms with Gasteiger partial charge >= 0.3 is 0 Å². The molecule has 4 nitrogen and oxygen atoms in total. The molecule has 0 spiro atoms. The van der Waals surface area contributed by atoms with E-state index >= 15 is 0 Å². The normalized spacial score (nSPS) is 11.1. The molecular formula is C31H47NO3. The van der Waals surface area contributed by atoms with E-state index in [9.17, 15) is 9.90 Å². The number of ether oxygens (including phenoxy) is 1. The lowest BCUT2D eigenvalue weighted by atomic mass is 10.0. The fraction of sp³-hybridized carbons (Fsp3) is 0.581. The van der Waals surface area contributed by atoms with Crippen LogP contribution in [0.3, 0.4) is 0 Å². The lowest BCUT2D eigenvalue weighted by Crippen LogP contribution is -2.11. The van der Waals surface area contributed by atoms with Crippen LogP contribution in [0.5, 0.6) is 11.5 Å². The van der Waals surface area contributed by atoms with Crippen molar-refractivity contribution in [3.8, 4) is 11.5 Å². The van der Waals surface area contributed by atoms with Gasteiger partial charge in [-0.1, -0.05) is 97.3 Å². The fourth-order valence-corrected chi connectivity index (χ4v) is 4.24. The van der Waals surface area contributed by atoms with Crippen LogP contribution in [0.25, 0.3) is 0 Å². The van der Waals surface area contributed by atoms with Crippen LogP contribution in [-0.2, 0) is 0 Å². The van der Waals surface area contributed by atoms with Crippen LogP contribution in [-0.4, -0.2) is 17.6 Å². The van der Waals surface area contributed by atoms with E-state index in [1.165, 1.54) is 83.5 Å². The highest BCUT2D eigenvalue weighted by atomic mass is 16.5. The average molecular weight is 482 g/mol. The van der Waals surface area contributed by atoms with Gasteiger partial charge in [0.25, 0.3) is 5.91 Å². The number of benzene rings is 2. The lowest BCUT2D eigenvalue weighted by Gasteiger charge is -2.08. The summed E-state index contributed by atoms with van der Waals surface area (Å²) >= 11 is 0. The predicted octanol–water partition coefficient (Wildman–Crippen LogP) is 9.14. The summed E-state index contributed by atoms with van der Waals surface area (Å²) in [5.74, 6) is 1.65. The van der Waals surface area contributed by atoms with Gasteiger partial charge in [-0.3, -0.25) is 4.79 Å². The van der Waals surface area contributed by atoms with Gasteiger partial charge in [-0.25, -0.2) is 0 Å². The minimum atomic E-state index is -0.181. The Labute approximate surface area is 213 Å². The van der Waals surface area contributed by atoms with Crippen molar-refractivity contribution in [1.29, 1.82) is 0 Å². The smallest absolute Gasteiger partial charge is 0.255 e. The summed E-state index contributed by atoms with van der Waals surface area (Å²) in [7, 11) is 0. The minimum absolute atomic E-state index is 0.174. The van der Waals surface area contributed by atoms with E-state index in [0.717, 1.165) is 24.7 Å². The topological polar surface area (TPSA) is 58.6 Å². The van der Waals surface area contributed by atoms with Crippen LogP contribution in [0.15, 0.2) is 48.5 Å². The number of carbonyl (C=O) groups excluding carboxylic acids is 1. The van der Waals surface area contributed by atoms with Gasteiger partial charge in [-0.05, 0) is 60.9 Å². The molecule has 0 radical (unpaired) electrons. The zero-order chi connectivity index (χ0) is 25.1. The molecule has 1 amide bonds. The van der Waals surface area contributed by atoms with E-state index in [4.69, 9.17) is 4.74 Å². The minimum Gasteiger partial charge on any atom is -0.508 e. The van der Waals surface area contributed by atoms with Crippen molar-refractivity contribution in [3.05, 3.63) is 54.1 Å². The number of phenolic OH excluding ortho intramolecular Hbond substituents is 1. The van der Waals surface area contributed by atoms with E-state index in [2.05, 4.69) is 19.2 Å². The van der Waals surface area contributed by atoms with Crippen molar-refractivity contribution >= 4 is 11.6 Å². The quantitative estimate of drug-likeness (QED) is 0.155. The Morgan fingerprint density at radius 1 is 0.714 bits per heavy atom. The monoisotopic (exact) mass is 481 g/mol. The van der Waals surface area contributed by atoms with Gasteiger partial charge in [0, 0.05) is 11.3 Å². The standard InChI is InChI=1S/C31H47NO3/c1-26(2)16-14-12-10-8-6-4-3-5-7-9-11-13-15-25-35-30-23-17-27(18-24-30)31(34)32-28-19-21-29(33)22-20-28/h17-24,26,33H,3-16,25H2,1-2H3,(H,32,34). The molecule has 2 rings (SSSR count). The molecule has 194 valence electrons. The second kappa shape index (κ2) is 17.9. The zero-order valence-electron chi connectivity index (χ0n) is 22.1. The molecule has 0 saturated carbocycles. The SMILES string of the molecule is CC(C)CCCCCCCCCCCCCCCOc1ccc(C(=O)Nc2ccc(O)cc2)cc1. The van der Waals surface area contributed by atoms with Crippen LogP contribution in [0, 0.1) is 5.92 Å². The van der Waals surface area contributed by atoms with Crippen molar-refractivity contribution in [2.24, 2.45) is 5.92 Å². The maximum absolute atomic E-state index is 12.3. The number of amides is 1. The molecule has 0 unspecified atom stereocenters. The Morgan fingerprint density at radius 3 is 1.71 bits per heavy atom. The molecule has 4 heteroatoms. The first-order valence-corrected chi connectivity index (χ1v) is 13.9. The molecule has 0 bridgehead atoms. The fourth-order valence-electron chi connectivity index (χ4n) is 4.24. The summed E-state index contributed by atoms with van der Waals surface area (Å²) < 4.78 is 5.83. The van der Waals surface area contributed by atoms with Crippen molar-refractivity contribution < 1.29 is 14.6 Å². The Bertz CT molecular complexity index is 799. The molecule has 2 aromatic carbocycles. The molecule has 35 heavy (non-hydrogen) atoms. The molecule has 0 saturated heterocycles. The average Bonchev–Trinajstić information content (AvgIpc) is 2.85. The Balaban J connectivity index is 1.41. The van der Waals surface area contributed by atoms with Crippen molar-refractivity contribution in [2.45, 2.75) is 104 Å². The lowest BCUT2D eigenvalue weighted by molar-refractivity contribution is 0.102. The van der Waals surface area contributed by atoms with Gasteiger partial charge in [0.05, 0.1) is 6.61 Å². The maximum Gasteiger partial charge on any atom is 0.255 e. The number of phenols is 1. The third-order valence-corrected chi connectivity index (χ3v) is 6.44. The molecule has 0 fully saturated rings. The Hall–Kier alpha value is -2.49. The van der Waals surface area contributed by atoms with E-state index < -0.39 is 0 Å². The summed E-state index contributed by atoms with van der Waals surface area (Å²) in [5, 5.41) is 12.1. The number of unbranched alkanes of at least 4 members (excludes halogenated alkanes) is 12. The van der Waals surface area contributed by atoms with Crippen LogP contribution in [0.4, 0.5) is 5.69 Å². The molecule has 2 N–H and O–H groups in total. The number of nitrogens with one attached hydrogen (secondary N) is 1. The summed E-state index contributed by atoms with van der Waals surface area (Å²) in [6.07, 6.45) is 19.0. The first-order chi connectivity index (χ1) is 17.0. The summed E-state index contributed by atoms with van der Waals surface area (Å²) in [4.78, 5) is 12.3. The first kappa shape index (κ1) is 28.7. The number of aromatic hydroxyl groups is 1. The van der Waals surface area contributed by atoms with Gasteiger partial charge in [0.15, 0.2) is 0 Å². The molecule has 2 aromatic rings. The predicted molar refractivity (Wildman–Crippen MR) is 147 cm³/mol. The molecular weight excluding hydrogens is 434 g/mol. The van der Waals surface area contributed by atoms with Crippen molar-refractivity contribution in [2.75, 3.05) is 11.9 Å². The van der Waals surface area contributed by atoms with E-state index in [-0.39, 0.29) is 11.7 Å². The summed E-state index contributed by atoms with van der Waals surface area (Å²) in [6, 6.07) is 13.7. The van der Waals surface area contributed by atoms with E-state index in [1.54, 1.807) is 36.4 Å². The maximum atomic E-state index is 12.3. The van der Waals surface area contributed by atoms with Crippen LogP contribution < -0.4 is 10.1 Å². The molecule has 0 aliphatic carbocycles. The highest BCUT2D eigenvalue weighted by molar-refractivity contribution is 6.04. The number of rotatable bonds is 19. The number of hydrogen-bond donors (Lipinski definition) is 2. The van der Waals surface area contributed by atoms with Gasteiger partial charge in [0.1, 0.15) is 11.5 Å². The van der Waals surface area contributed by atoms with Crippen LogP contribution in [0.1, 0.15) is 114 Å². The van der Waals surface area contributed by atoms with Gasteiger partial charge < -0.3 is 15.2 Å². The van der Waals surface area contributed by atoms with Crippen LogP contribution >= 0.6 is 0 Å². The van der Waals surface area contributed by atoms with Crippen LogP contribution in [0.2, 0.25) is 0 Å². The Kier molecular flexibility index (Phi) is 14.7. The first-order valence-electron chi connectivity index (χ1n) is 13.9.